The number of piperidine rings is 1. The molecular weight excluding hydrogens is 298 g/mol. The summed E-state index contributed by atoms with van der Waals surface area (Å²) in [5.74, 6) is 2.12. The van der Waals surface area contributed by atoms with Crippen LogP contribution in [0.25, 0.3) is 0 Å². The summed E-state index contributed by atoms with van der Waals surface area (Å²) in [6.45, 7) is 1.84. The number of hydrogen-bond donors (Lipinski definition) is 0. The fraction of sp³-hybridized carbons (Fsp3) is 0.615. The summed E-state index contributed by atoms with van der Waals surface area (Å²) in [5, 5.41) is 0. The first-order chi connectivity index (χ1) is 9.45. The number of aromatic nitrogens is 1. The van der Waals surface area contributed by atoms with Crippen molar-refractivity contribution < 1.29 is 8.42 Å². The summed E-state index contributed by atoms with van der Waals surface area (Å²) in [6.07, 6.45) is 3.55. The van der Waals surface area contributed by atoms with E-state index in [0.29, 0.717) is 11.8 Å². The molecule has 0 amide bonds. The van der Waals surface area contributed by atoms with Crippen LogP contribution >= 0.6 is 11.6 Å². The molecule has 2 heterocycles. The molecule has 1 aliphatic rings. The first-order valence-corrected chi connectivity index (χ1v) is 8.62. The zero-order chi connectivity index (χ0) is 14.8. The Morgan fingerprint density at radius 3 is 2.45 bits per heavy atom. The fourth-order valence-corrected chi connectivity index (χ4v) is 3.40. The molecule has 1 aliphatic heterocycles. The van der Waals surface area contributed by atoms with E-state index in [1.54, 1.807) is 12.1 Å². The largest absolute Gasteiger partial charge is 0.357 e. The molecule has 1 aromatic rings. The van der Waals surface area contributed by atoms with Crippen LogP contribution in [-0.2, 0) is 10.0 Å². The van der Waals surface area contributed by atoms with E-state index in [9.17, 15) is 8.42 Å². The molecule has 0 aromatic carbocycles. The smallest absolute Gasteiger partial charge is 0.244 e. The Labute approximate surface area is 125 Å². The van der Waals surface area contributed by atoms with Crippen LogP contribution in [-0.4, -0.2) is 50.8 Å². The van der Waals surface area contributed by atoms with Crippen molar-refractivity contribution in [2.45, 2.75) is 17.7 Å². The number of halogens is 1. The van der Waals surface area contributed by atoms with Gasteiger partial charge in [0.2, 0.25) is 10.0 Å². The summed E-state index contributed by atoms with van der Waals surface area (Å²) in [5.41, 5.74) is 0. The summed E-state index contributed by atoms with van der Waals surface area (Å²) >= 11 is 5.87. The predicted molar refractivity (Wildman–Crippen MR) is 80.8 cm³/mol. The SMILES string of the molecule is CN(C)S(=O)(=O)c1ccc(N2CCC(CCl)CC2)nc1. The second kappa shape index (κ2) is 6.28. The minimum Gasteiger partial charge on any atom is -0.357 e. The van der Waals surface area contributed by atoms with Gasteiger partial charge in [0.05, 0.1) is 0 Å². The minimum absolute atomic E-state index is 0.224. The van der Waals surface area contributed by atoms with Crippen molar-refractivity contribution in [3.05, 3.63) is 18.3 Å². The zero-order valence-electron chi connectivity index (χ0n) is 11.8. The van der Waals surface area contributed by atoms with Gasteiger partial charge < -0.3 is 4.90 Å². The lowest BCUT2D eigenvalue weighted by atomic mass is 9.99. The molecule has 0 bridgehead atoms. The van der Waals surface area contributed by atoms with Gasteiger partial charge in [-0.1, -0.05) is 0 Å². The van der Waals surface area contributed by atoms with Gasteiger partial charge in [0.15, 0.2) is 0 Å². The van der Waals surface area contributed by atoms with Gasteiger partial charge in [-0.15, -0.1) is 11.6 Å². The molecular formula is C13H20ClN3O2S. The van der Waals surface area contributed by atoms with Gasteiger partial charge >= 0.3 is 0 Å². The first kappa shape index (κ1) is 15.5. The van der Waals surface area contributed by atoms with Gasteiger partial charge in [-0.3, -0.25) is 0 Å². The van der Waals surface area contributed by atoms with Crippen molar-refractivity contribution >= 4 is 27.4 Å². The summed E-state index contributed by atoms with van der Waals surface area (Å²) < 4.78 is 25.1. The maximum Gasteiger partial charge on any atom is 0.244 e. The van der Waals surface area contributed by atoms with Crippen LogP contribution in [0.2, 0.25) is 0 Å². The van der Waals surface area contributed by atoms with Crippen molar-refractivity contribution in [3.8, 4) is 0 Å². The number of hydrogen-bond acceptors (Lipinski definition) is 4. The van der Waals surface area contributed by atoms with Gasteiger partial charge in [0, 0.05) is 39.3 Å². The number of nitrogens with zero attached hydrogens (tertiary/aromatic N) is 3. The fourth-order valence-electron chi connectivity index (χ4n) is 2.24. The van der Waals surface area contributed by atoms with Crippen LogP contribution in [0.1, 0.15) is 12.8 Å². The van der Waals surface area contributed by atoms with E-state index in [-0.39, 0.29) is 4.90 Å². The Balaban J connectivity index is 2.10. The zero-order valence-corrected chi connectivity index (χ0v) is 13.4. The molecule has 0 unspecified atom stereocenters. The molecule has 112 valence electrons. The van der Waals surface area contributed by atoms with E-state index in [1.165, 1.54) is 24.6 Å². The van der Waals surface area contributed by atoms with E-state index in [0.717, 1.165) is 31.7 Å². The lowest BCUT2D eigenvalue weighted by Crippen LogP contribution is -2.34. The van der Waals surface area contributed by atoms with Crippen LogP contribution in [0.4, 0.5) is 5.82 Å². The Kier molecular flexibility index (Phi) is 4.88. The van der Waals surface area contributed by atoms with E-state index in [4.69, 9.17) is 11.6 Å². The van der Waals surface area contributed by atoms with Crippen LogP contribution in [0.15, 0.2) is 23.2 Å². The monoisotopic (exact) mass is 317 g/mol. The normalized spacial score (nSPS) is 17.7. The molecule has 7 heteroatoms. The standard InChI is InChI=1S/C13H20ClN3O2S/c1-16(2)20(18,19)12-3-4-13(15-10-12)17-7-5-11(9-14)6-8-17/h3-4,10-11H,5-9H2,1-2H3. The van der Waals surface area contributed by atoms with Crippen molar-refractivity contribution in [2.24, 2.45) is 5.92 Å². The van der Waals surface area contributed by atoms with Crippen molar-refractivity contribution in [1.29, 1.82) is 0 Å². The number of anilines is 1. The van der Waals surface area contributed by atoms with E-state index >= 15 is 0 Å². The van der Waals surface area contributed by atoms with Crippen LogP contribution in [0, 0.1) is 5.92 Å². The highest BCUT2D eigenvalue weighted by Crippen LogP contribution is 2.23. The van der Waals surface area contributed by atoms with Gasteiger partial charge in [-0.2, -0.15) is 0 Å². The molecule has 1 saturated heterocycles. The van der Waals surface area contributed by atoms with Gasteiger partial charge in [-0.25, -0.2) is 17.7 Å². The second-order valence-corrected chi connectivity index (χ2v) is 7.68. The molecule has 0 N–H and O–H groups in total. The third-order valence-electron chi connectivity index (χ3n) is 3.66. The van der Waals surface area contributed by atoms with E-state index < -0.39 is 10.0 Å². The van der Waals surface area contributed by atoms with Crippen LogP contribution in [0.5, 0.6) is 0 Å². The van der Waals surface area contributed by atoms with Crippen LogP contribution < -0.4 is 4.90 Å². The quantitative estimate of drug-likeness (QED) is 0.794. The third-order valence-corrected chi connectivity index (χ3v) is 5.89. The number of alkyl halides is 1. The Hall–Kier alpha value is -0.850. The van der Waals surface area contributed by atoms with Gasteiger partial charge in [0.25, 0.3) is 0 Å². The Bertz CT molecular complexity index is 537. The number of sulfonamides is 1. The maximum atomic E-state index is 12.0. The Morgan fingerprint density at radius 2 is 2.00 bits per heavy atom. The summed E-state index contributed by atoms with van der Waals surface area (Å²) in [6, 6.07) is 3.39. The molecule has 1 fully saturated rings. The first-order valence-electron chi connectivity index (χ1n) is 6.64. The maximum absolute atomic E-state index is 12.0. The summed E-state index contributed by atoms with van der Waals surface area (Å²) in [4.78, 5) is 6.69. The van der Waals surface area contributed by atoms with Crippen molar-refractivity contribution in [2.75, 3.05) is 38.0 Å². The average molecular weight is 318 g/mol. The lowest BCUT2D eigenvalue weighted by molar-refractivity contribution is 0.441. The average Bonchev–Trinajstić information content (AvgIpc) is 2.47. The highest BCUT2D eigenvalue weighted by molar-refractivity contribution is 7.89. The predicted octanol–water partition coefficient (Wildman–Crippen LogP) is 1.79. The molecule has 0 aliphatic carbocycles. The van der Waals surface area contributed by atoms with Crippen molar-refractivity contribution in [1.82, 2.24) is 9.29 Å². The van der Waals surface area contributed by atoms with E-state index in [1.807, 2.05) is 0 Å². The molecule has 2 rings (SSSR count). The van der Waals surface area contributed by atoms with Gasteiger partial charge in [-0.05, 0) is 30.9 Å². The topological polar surface area (TPSA) is 53.5 Å². The molecule has 0 atom stereocenters. The summed E-state index contributed by atoms with van der Waals surface area (Å²) in [7, 11) is -0.374. The molecule has 5 nitrogen and oxygen atoms in total. The molecule has 0 radical (unpaired) electrons. The van der Waals surface area contributed by atoms with Crippen molar-refractivity contribution in [3.63, 3.8) is 0 Å². The lowest BCUT2D eigenvalue weighted by Gasteiger charge is -2.32. The highest BCUT2D eigenvalue weighted by Gasteiger charge is 2.21. The van der Waals surface area contributed by atoms with Crippen LogP contribution in [0.3, 0.4) is 0 Å². The molecule has 20 heavy (non-hydrogen) atoms. The second-order valence-electron chi connectivity index (χ2n) is 5.22. The molecule has 0 spiro atoms. The highest BCUT2D eigenvalue weighted by atomic mass is 35.5. The number of pyridine rings is 1. The number of rotatable bonds is 4. The minimum atomic E-state index is -3.40. The molecule has 1 aromatic heterocycles. The van der Waals surface area contributed by atoms with E-state index in [2.05, 4.69) is 9.88 Å². The third kappa shape index (κ3) is 3.24. The molecule has 0 saturated carbocycles. The Morgan fingerprint density at radius 1 is 1.35 bits per heavy atom. The van der Waals surface area contributed by atoms with Gasteiger partial charge in [0.1, 0.15) is 10.7 Å².